The maximum Gasteiger partial charge on any atom is 0.279 e. The normalized spacial score (nSPS) is 16.9. The van der Waals surface area contributed by atoms with Crippen molar-refractivity contribution in [2.45, 2.75) is 38.4 Å². The lowest BCUT2D eigenvalue weighted by atomic mass is 10.1. The molecule has 1 N–H and O–H groups in total. The van der Waals surface area contributed by atoms with E-state index in [2.05, 4.69) is 27.4 Å². The third-order valence-corrected chi connectivity index (χ3v) is 5.72. The molecule has 0 saturated heterocycles. The lowest BCUT2D eigenvalue weighted by molar-refractivity contribution is 0.0952. The molecule has 0 unspecified atom stereocenters. The van der Waals surface area contributed by atoms with Gasteiger partial charge in [-0.2, -0.15) is 9.61 Å². The van der Waals surface area contributed by atoms with E-state index in [9.17, 15) is 9.59 Å². The molecule has 3 aromatic rings. The molecule has 144 valence electrons. The van der Waals surface area contributed by atoms with Crippen LogP contribution in [0.3, 0.4) is 0 Å². The maximum atomic E-state index is 13.1. The van der Waals surface area contributed by atoms with Crippen molar-refractivity contribution >= 4 is 11.6 Å². The second-order valence-corrected chi connectivity index (χ2v) is 7.78. The topological polar surface area (TPSA) is 71.6 Å². The first-order valence-electron chi connectivity index (χ1n) is 9.77. The van der Waals surface area contributed by atoms with Crippen LogP contribution in [0.5, 0.6) is 0 Å². The number of aromatic nitrogens is 3. The fourth-order valence-corrected chi connectivity index (χ4v) is 4.07. The molecule has 3 heterocycles. The standard InChI is InChI=1S/C21H23N5O2/c1-24-18-9-10-25(12-14-5-3-2-4-6-14)13-17(18)21(28)26-20(24)16(11-22-26)19(27)23-15-7-8-15/h2-6,11,15H,7-10,12-13H2,1H3,(H,23,27). The van der Waals surface area contributed by atoms with E-state index in [1.807, 2.05) is 29.8 Å². The van der Waals surface area contributed by atoms with Crippen molar-refractivity contribution in [1.82, 2.24) is 24.4 Å². The van der Waals surface area contributed by atoms with Gasteiger partial charge in [-0.1, -0.05) is 30.3 Å². The van der Waals surface area contributed by atoms with Crippen LogP contribution in [0.4, 0.5) is 0 Å². The average molecular weight is 377 g/mol. The zero-order chi connectivity index (χ0) is 19.3. The van der Waals surface area contributed by atoms with E-state index in [4.69, 9.17) is 0 Å². The predicted octanol–water partition coefficient (Wildman–Crippen LogP) is 1.48. The number of fused-ring (bicyclic) bond motifs is 2. The van der Waals surface area contributed by atoms with Crippen molar-refractivity contribution in [3.05, 3.63) is 69.3 Å². The van der Waals surface area contributed by atoms with Gasteiger partial charge in [0.15, 0.2) is 5.65 Å². The van der Waals surface area contributed by atoms with Crippen LogP contribution in [0.15, 0.2) is 41.3 Å². The highest BCUT2D eigenvalue weighted by Crippen LogP contribution is 2.23. The number of carbonyl (C=O) groups is 1. The van der Waals surface area contributed by atoms with Crippen LogP contribution in [0, 0.1) is 0 Å². The first-order chi connectivity index (χ1) is 13.6. The molecular formula is C21H23N5O2. The molecular weight excluding hydrogens is 354 g/mol. The first kappa shape index (κ1) is 17.2. The van der Waals surface area contributed by atoms with Crippen molar-refractivity contribution in [3.63, 3.8) is 0 Å². The van der Waals surface area contributed by atoms with Gasteiger partial charge in [0.2, 0.25) is 0 Å². The molecule has 1 aliphatic heterocycles. The van der Waals surface area contributed by atoms with Gasteiger partial charge in [-0.3, -0.25) is 14.5 Å². The largest absolute Gasteiger partial charge is 0.349 e. The highest BCUT2D eigenvalue weighted by Gasteiger charge is 2.28. The Morgan fingerprint density at radius 3 is 2.79 bits per heavy atom. The van der Waals surface area contributed by atoms with Crippen molar-refractivity contribution < 1.29 is 4.79 Å². The van der Waals surface area contributed by atoms with Gasteiger partial charge in [0.25, 0.3) is 11.5 Å². The Morgan fingerprint density at radius 2 is 2.04 bits per heavy atom. The van der Waals surface area contributed by atoms with Crippen LogP contribution in [0.25, 0.3) is 5.65 Å². The third kappa shape index (κ3) is 2.92. The van der Waals surface area contributed by atoms with Crippen LogP contribution in [-0.2, 0) is 26.6 Å². The number of hydrogen-bond acceptors (Lipinski definition) is 4. The molecule has 7 heteroatoms. The Hall–Kier alpha value is -2.93. The minimum atomic E-state index is -0.144. The Morgan fingerprint density at radius 1 is 1.25 bits per heavy atom. The lowest BCUT2D eigenvalue weighted by Crippen LogP contribution is -2.38. The molecule has 2 aromatic heterocycles. The number of benzene rings is 1. The highest BCUT2D eigenvalue weighted by molar-refractivity contribution is 6.00. The quantitative estimate of drug-likeness (QED) is 0.748. The van der Waals surface area contributed by atoms with E-state index in [0.29, 0.717) is 17.8 Å². The van der Waals surface area contributed by atoms with Crippen molar-refractivity contribution in [1.29, 1.82) is 0 Å². The van der Waals surface area contributed by atoms with Gasteiger partial charge in [-0.15, -0.1) is 0 Å². The van der Waals surface area contributed by atoms with E-state index in [1.165, 1.54) is 16.3 Å². The summed E-state index contributed by atoms with van der Waals surface area (Å²) in [5, 5.41) is 7.24. The van der Waals surface area contributed by atoms with Crippen LogP contribution in [0.1, 0.15) is 40.0 Å². The molecule has 0 bridgehead atoms. The molecule has 28 heavy (non-hydrogen) atoms. The van der Waals surface area contributed by atoms with E-state index < -0.39 is 0 Å². The smallest absolute Gasteiger partial charge is 0.279 e. The fraction of sp³-hybridized carbons (Fsp3) is 0.381. The summed E-state index contributed by atoms with van der Waals surface area (Å²) in [6, 6.07) is 10.6. The summed E-state index contributed by atoms with van der Waals surface area (Å²) in [5.74, 6) is -0.144. The van der Waals surface area contributed by atoms with Gasteiger partial charge in [0.1, 0.15) is 5.56 Å². The third-order valence-electron chi connectivity index (χ3n) is 5.72. The molecule has 1 saturated carbocycles. The van der Waals surface area contributed by atoms with Crippen LogP contribution in [0.2, 0.25) is 0 Å². The Balaban J connectivity index is 1.50. The monoisotopic (exact) mass is 377 g/mol. The minimum Gasteiger partial charge on any atom is -0.349 e. The summed E-state index contributed by atoms with van der Waals surface area (Å²) >= 11 is 0. The van der Waals surface area contributed by atoms with Crippen LogP contribution >= 0.6 is 0 Å². The van der Waals surface area contributed by atoms with Gasteiger partial charge in [0, 0.05) is 44.8 Å². The van der Waals surface area contributed by atoms with Gasteiger partial charge in [-0.05, 0) is 18.4 Å². The highest BCUT2D eigenvalue weighted by atomic mass is 16.2. The van der Waals surface area contributed by atoms with E-state index in [-0.39, 0.29) is 17.5 Å². The Labute approximate surface area is 162 Å². The first-order valence-corrected chi connectivity index (χ1v) is 9.77. The molecule has 1 fully saturated rings. The summed E-state index contributed by atoms with van der Waals surface area (Å²) in [5.41, 5.74) is 3.95. The van der Waals surface area contributed by atoms with Crippen molar-refractivity contribution in [2.75, 3.05) is 6.54 Å². The number of aryl methyl sites for hydroxylation is 1. The van der Waals surface area contributed by atoms with Gasteiger partial charge in [0.05, 0.1) is 11.8 Å². The van der Waals surface area contributed by atoms with Gasteiger partial charge in [-0.25, -0.2) is 0 Å². The Bertz CT molecular complexity index is 1110. The molecule has 1 amide bonds. The van der Waals surface area contributed by atoms with E-state index in [0.717, 1.165) is 43.6 Å². The zero-order valence-corrected chi connectivity index (χ0v) is 15.9. The molecule has 1 aromatic carbocycles. The molecule has 0 spiro atoms. The van der Waals surface area contributed by atoms with Crippen LogP contribution < -0.4 is 10.9 Å². The average Bonchev–Trinajstić information content (AvgIpc) is 3.40. The summed E-state index contributed by atoms with van der Waals surface area (Å²) in [4.78, 5) is 28.0. The SMILES string of the molecule is Cn1c2c(c(=O)n3ncc(C(=O)NC4CC4)c13)CN(Cc1ccccc1)CC2. The molecule has 0 atom stereocenters. The number of hydrogen-bond donors (Lipinski definition) is 1. The fourth-order valence-electron chi connectivity index (χ4n) is 4.07. The molecule has 2 aliphatic rings. The number of amides is 1. The number of carbonyl (C=O) groups excluding carboxylic acids is 1. The van der Waals surface area contributed by atoms with E-state index in [1.54, 1.807) is 0 Å². The second kappa shape index (κ2) is 6.60. The van der Waals surface area contributed by atoms with E-state index >= 15 is 0 Å². The minimum absolute atomic E-state index is 0.119. The van der Waals surface area contributed by atoms with Crippen LogP contribution in [-0.4, -0.2) is 37.6 Å². The molecule has 5 rings (SSSR count). The van der Waals surface area contributed by atoms with Gasteiger partial charge < -0.3 is 9.88 Å². The number of nitrogens with one attached hydrogen (secondary N) is 1. The summed E-state index contributed by atoms with van der Waals surface area (Å²) < 4.78 is 3.36. The molecule has 7 nitrogen and oxygen atoms in total. The second-order valence-electron chi connectivity index (χ2n) is 7.78. The zero-order valence-electron chi connectivity index (χ0n) is 15.9. The Kier molecular flexibility index (Phi) is 4.05. The summed E-state index contributed by atoms with van der Waals surface area (Å²) in [6.45, 7) is 2.29. The predicted molar refractivity (Wildman–Crippen MR) is 105 cm³/mol. The molecule has 1 aliphatic carbocycles. The van der Waals surface area contributed by atoms with Crippen molar-refractivity contribution in [2.24, 2.45) is 7.05 Å². The maximum absolute atomic E-state index is 13.1. The molecule has 0 radical (unpaired) electrons. The number of nitrogens with zero attached hydrogens (tertiary/aromatic N) is 4. The number of rotatable bonds is 4. The van der Waals surface area contributed by atoms with Gasteiger partial charge >= 0.3 is 0 Å². The summed E-state index contributed by atoms with van der Waals surface area (Å²) in [6.07, 6.45) is 4.34. The van der Waals surface area contributed by atoms with Crippen molar-refractivity contribution in [3.8, 4) is 0 Å². The lowest BCUT2D eigenvalue weighted by Gasteiger charge is -2.29. The summed E-state index contributed by atoms with van der Waals surface area (Å²) in [7, 11) is 1.93.